The molecule has 0 saturated heterocycles. The third-order valence-electron chi connectivity index (χ3n) is 3.79. The number of hydrogen-bond acceptors (Lipinski definition) is 6. The fraction of sp³-hybridized carbons (Fsp3) is 0.0500. The van der Waals surface area contributed by atoms with Crippen LogP contribution in [-0.4, -0.2) is 29.0 Å². The summed E-state index contributed by atoms with van der Waals surface area (Å²) in [6.45, 7) is 0. The predicted octanol–water partition coefficient (Wildman–Crippen LogP) is 3.69. The molecule has 2 N–H and O–H groups in total. The van der Waals surface area contributed by atoms with Gasteiger partial charge in [-0.3, -0.25) is 4.79 Å². The average molecular weight is 366 g/mol. The molecule has 3 aromatic rings. The molecule has 0 saturated carbocycles. The summed E-state index contributed by atoms with van der Waals surface area (Å²) in [6, 6.07) is 13.0. The van der Waals surface area contributed by atoms with Crippen LogP contribution in [0.1, 0.15) is 26.3 Å². The molecule has 2 aromatic carbocycles. The minimum atomic E-state index is -0.715. The van der Waals surface area contributed by atoms with Gasteiger partial charge in [0.15, 0.2) is 5.78 Å². The lowest BCUT2D eigenvalue weighted by Crippen LogP contribution is -2.11. The van der Waals surface area contributed by atoms with E-state index in [-0.39, 0.29) is 28.3 Å². The van der Waals surface area contributed by atoms with Crippen molar-refractivity contribution in [2.45, 2.75) is 0 Å². The highest BCUT2D eigenvalue weighted by atomic mass is 19.1. The maximum Gasteiger partial charge on any atom is 0.341 e. The summed E-state index contributed by atoms with van der Waals surface area (Å²) in [5.41, 5.74) is 0.568. The number of aromatic hydroxyl groups is 1. The van der Waals surface area contributed by atoms with E-state index in [1.165, 1.54) is 49.7 Å². The van der Waals surface area contributed by atoms with Crippen LogP contribution in [0.3, 0.4) is 0 Å². The van der Waals surface area contributed by atoms with Crippen LogP contribution < -0.4 is 5.32 Å². The van der Waals surface area contributed by atoms with Crippen LogP contribution in [0.2, 0.25) is 0 Å². The number of nitrogens with zero attached hydrogens (tertiary/aromatic N) is 1. The lowest BCUT2D eigenvalue weighted by molar-refractivity contribution is 0.0601. The maximum absolute atomic E-state index is 13.4. The standard InChI is InChI=1S/C20H15FN2O4/c1-27-20(26)16-9-12(18(25)15-7-2-3-8-17(15)24)11-22-19(16)23-14-6-4-5-13(21)10-14/h2-11,24H,1H3,(H,22,23). The molecule has 0 bridgehead atoms. The van der Waals surface area contributed by atoms with E-state index >= 15 is 0 Å². The van der Waals surface area contributed by atoms with Gasteiger partial charge in [0.05, 0.1) is 12.7 Å². The number of aromatic nitrogens is 1. The summed E-state index contributed by atoms with van der Waals surface area (Å²) in [5, 5.41) is 12.7. The topological polar surface area (TPSA) is 88.5 Å². The SMILES string of the molecule is COC(=O)c1cc(C(=O)c2ccccc2O)cnc1Nc1cccc(F)c1. The molecule has 136 valence electrons. The van der Waals surface area contributed by atoms with Gasteiger partial charge in [0.25, 0.3) is 0 Å². The van der Waals surface area contributed by atoms with Gasteiger partial charge in [0, 0.05) is 17.4 Å². The summed E-state index contributed by atoms with van der Waals surface area (Å²) < 4.78 is 18.1. The minimum absolute atomic E-state index is 0.00281. The Hall–Kier alpha value is -3.74. The van der Waals surface area contributed by atoms with Crippen molar-refractivity contribution in [3.63, 3.8) is 0 Å². The quantitative estimate of drug-likeness (QED) is 0.529. The van der Waals surface area contributed by atoms with Gasteiger partial charge in [-0.05, 0) is 36.4 Å². The number of para-hydroxylation sites is 1. The number of pyridine rings is 1. The second-order valence-electron chi connectivity index (χ2n) is 5.59. The molecule has 0 atom stereocenters. The van der Waals surface area contributed by atoms with Crippen molar-refractivity contribution in [1.29, 1.82) is 0 Å². The van der Waals surface area contributed by atoms with E-state index in [2.05, 4.69) is 10.3 Å². The molecular weight excluding hydrogens is 351 g/mol. The average Bonchev–Trinajstić information content (AvgIpc) is 2.67. The molecule has 1 aromatic heterocycles. The van der Waals surface area contributed by atoms with Crippen molar-refractivity contribution in [1.82, 2.24) is 4.98 Å². The Kier molecular flexibility index (Phi) is 5.12. The molecule has 0 spiro atoms. The van der Waals surface area contributed by atoms with Gasteiger partial charge in [-0.2, -0.15) is 0 Å². The summed E-state index contributed by atoms with van der Waals surface area (Å²) in [5.74, 6) is -1.73. The highest BCUT2D eigenvalue weighted by Crippen LogP contribution is 2.24. The van der Waals surface area contributed by atoms with Gasteiger partial charge in [-0.1, -0.05) is 18.2 Å². The second kappa shape index (κ2) is 7.65. The van der Waals surface area contributed by atoms with Crippen molar-refractivity contribution in [2.75, 3.05) is 12.4 Å². The summed E-state index contributed by atoms with van der Waals surface area (Å²) in [6.07, 6.45) is 1.27. The number of phenols is 1. The Labute approximate surface area is 154 Å². The van der Waals surface area contributed by atoms with Crippen molar-refractivity contribution in [2.24, 2.45) is 0 Å². The molecule has 0 radical (unpaired) electrons. The molecule has 27 heavy (non-hydrogen) atoms. The van der Waals surface area contributed by atoms with Gasteiger partial charge in [0.1, 0.15) is 22.9 Å². The third kappa shape index (κ3) is 3.92. The molecule has 0 aliphatic rings. The number of methoxy groups -OCH3 is 1. The molecule has 1 heterocycles. The van der Waals surface area contributed by atoms with Gasteiger partial charge < -0.3 is 15.2 Å². The van der Waals surface area contributed by atoms with E-state index in [0.29, 0.717) is 5.69 Å². The zero-order chi connectivity index (χ0) is 19.4. The number of nitrogens with one attached hydrogen (secondary N) is 1. The third-order valence-corrected chi connectivity index (χ3v) is 3.79. The fourth-order valence-electron chi connectivity index (χ4n) is 2.48. The van der Waals surface area contributed by atoms with Crippen molar-refractivity contribution >= 4 is 23.3 Å². The van der Waals surface area contributed by atoms with Crippen molar-refractivity contribution in [3.05, 3.63) is 83.3 Å². The summed E-state index contributed by atoms with van der Waals surface area (Å²) in [7, 11) is 1.20. The zero-order valence-electron chi connectivity index (χ0n) is 14.3. The smallest absolute Gasteiger partial charge is 0.341 e. The van der Waals surface area contributed by atoms with Gasteiger partial charge in [-0.25, -0.2) is 14.2 Å². The van der Waals surface area contributed by atoms with Crippen LogP contribution in [-0.2, 0) is 4.74 Å². The summed E-state index contributed by atoms with van der Waals surface area (Å²) in [4.78, 5) is 28.9. The highest BCUT2D eigenvalue weighted by molar-refractivity contribution is 6.11. The van der Waals surface area contributed by atoms with Crippen LogP contribution in [0.25, 0.3) is 0 Å². The Morgan fingerprint density at radius 2 is 1.85 bits per heavy atom. The van der Waals surface area contributed by atoms with Crippen LogP contribution in [0.5, 0.6) is 5.75 Å². The highest BCUT2D eigenvalue weighted by Gasteiger charge is 2.20. The molecule has 6 nitrogen and oxygen atoms in total. The number of carbonyl (C=O) groups excluding carboxylic acids is 2. The van der Waals surface area contributed by atoms with E-state index < -0.39 is 17.6 Å². The summed E-state index contributed by atoms with van der Waals surface area (Å²) >= 11 is 0. The van der Waals surface area contributed by atoms with Crippen LogP contribution >= 0.6 is 0 Å². The number of ketones is 1. The fourth-order valence-corrected chi connectivity index (χ4v) is 2.48. The number of hydrogen-bond donors (Lipinski definition) is 2. The maximum atomic E-state index is 13.4. The minimum Gasteiger partial charge on any atom is -0.507 e. The van der Waals surface area contributed by atoms with E-state index in [1.54, 1.807) is 18.2 Å². The Morgan fingerprint density at radius 1 is 1.07 bits per heavy atom. The predicted molar refractivity (Wildman–Crippen MR) is 96.8 cm³/mol. The van der Waals surface area contributed by atoms with Gasteiger partial charge >= 0.3 is 5.97 Å². The second-order valence-corrected chi connectivity index (χ2v) is 5.59. The number of benzene rings is 2. The first-order valence-corrected chi connectivity index (χ1v) is 7.93. The lowest BCUT2D eigenvalue weighted by atomic mass is 10.0. The van der Waals surface area contributed by atoms with Crippen LogP contribution in [0.15, 0.2) is 60.8 Å². The van der Waals surface area contributed by atoms with E-state index in [9.17, 15) is 19.1 Å². The van der Waals surface area contributed by atoms with Crippen molar-refractivity contribution in [3.8, 4) is 5.75 Å². The van der Waals surface area contributed by atoms with Crippen molar-refractivity contribution < 1.29 is 23.8 Å². The van der Waals surface area contributed by atoms with E-state index in [1.807, 2.05) is 0 Å². The molecule has 0 aliphatic carbocycles. The Morgan fingerprint density at radius 3 is 2.56 bits per heavy atom. The zero-order valence-corrected chi connectivity index (χ0v) is 14.3. The monoisotopic (exact) mass is 366 g/mol. The van der Waals surface area contributed by atoms with Crippen LogP contribution in [0, 0.1) is 5.82 Å². The van der Waals surface area contributed by atoms with Crippen LogP contribution in [0.4, 0.5) is 15.9 Å². The Bertz CT molecular complexity index is 1020. The normalized spacial score (nSPS) is 10.3. The first-order chi connectivity index (χ1) is 13.0. The molecule has 0 aliphatic heterocycles. The molecule has 0 fully saturated rings. The lowest BCUT2D eigenvalue weighted by Gasteiger charge is -2.12. The number of halogens is 1. The molecular formula is C20H15FN2O4. The van der Waals surface area contributed by atoms with E-state index in [4.69, 9.17) is 4.74 Å². The molecule has 3 rings (SSSR count). The number of carbonyl (C=O) groups is 2. The number of ether oxygens (including phenoxy) is 1. The Balaban J connectivity index is 2.00. The molecule has 0 amide bonds. The first-order valence-electron chi connectivity index (χ1n) is 7.93. The van der Waals surface area contributed by atoms with E-state index in [0.717, 1.165) is 0 Å². The molecule has 0 unspecified atom stereocenters. The van der Waals surface area contributed by atoms with Gasteiger partial charge in [0.2, 0.25) is 0 Å². The largest absolute Gasteiger partial charge is 0.507 e. The number of rotatable bonds is 5. The molecule has 7 heteroatoms. The number of esters is 1. The number of anilines is 2. The van der Waals surface area contributed by atoms with Gasteiger partial charge in [-0.15, -0.1) is 0 Å². The first kappa shape index (κ1) is 18.1. The number of phenolic OH excluding ortho intramolecular Hbond substituents is 1.